The molecule has 0 bridgehead atoms. The molecule has 2 heterocycles. The summed E-state index contributed by atoms with van der Waals surface area (Å²) in [7, 11) is 0. The minimum Gasteiger partial charge on any atom is -0.491 e. The molecule has 0 aromatic heterocycles. The molecule has 6 amide bonds. The topological polar surface area (TPSA) is 238 Å². The molecule has 0 unspecified atom stereocenters. The minimum absolute atomic E-state index is 0.0950. The molecule has 0 saturated carbocycles. The van der Waals surface area contributed by atoms with Crippen LogP contribution in [-0.4, -0.2) is 259 Å². The van der Waals surface area contributed by atoms with Gasteiger partial charge in [-0.1, -0.05) is 6.07 Å². The van der Waals surface area contributed by atoms with Crippen molar-refractivity contribution in [3.05, 3.63) is 29.3 Å². The molecule has 2 saturated heterocycles. The molecule has 522 valence electrons. The Morgan fingerprint density at radius 2 is 0.538 bits per heavy atom. The first-order valence-corrected chi connectivity index (χ1v) is 32.3. The first kappa shape index (κ1) is 79.2. The number of rotatable bonds is 15. The lowest BCUT2D eigenvalue weighted by Gasteiger charge is -2.36. The highest BCUT2D eigenvalue weighted by Crippen LogP contribution is 2.24. The van der Waals surface area contributed by atoms with Gasteiger partial charge in [-0.3, -0.25) is 14.6 Å². The standard InChI is InChI=1S/C66H116N8O17/c1-60(2,3)85-53(75)23-22-40-82-41-42-83-43-44-84-52-46-50(48-67-24-28-69(54(76)86-61(4,5)6)32-36-73(58(80)90-65(16,17)18)37-33-70(29-25-67)55(77)87-62(7,8)9)45-51(47-52)49-68-26-30-71(56(78)88-63(10,11)12)34-38-74(59(81)91-66(19,20)21)39-35-72(31-27-68)57(79)89-64(13,14)15/h45-47H,22-44,48-49H2,1-21H3. The molecular weight excluding hydrogens is 1180 g/mol. The Bertz CT molecular complexity index is 2240. The molecule has 0 N–H and O–H groups in total. The maximum absolute atomic E-state index is 14.0. The van der Waals surface area contributed by atoms with E-state index >= 15 is 0 Å². The zero-order valence-corrected chi connectivity index (χ0v) is 59.4. The van der Waals surface area contributed by atoms with Gasteiger partial charge in [0.15, 0.2) is 0 Å². The van der Waals surface area contributed by atoms with Crippen LogP contribution in [-0.2, 0) is 60.5 Å². The van der Waals surface area contributed by atoms with Crippen LogP contribution in [0.2, 0.25) is 0 Å². The number of benzene rings is 1. The monoisotopic (exact) mass is 1290 g/mol. The summed E-state index contributed by atoms with van der Waals surface area (Å²) in [6.45, 7) is 42.7. The molecular formula is C66H116N8O17. The molecule has 0 aliphatic carbocycles. The van der Waals surface area contributed by atoms with Gasteiger partial charge in [0.1, 0.15) is 51.6 Å². The lowest BCUT2D eigenvalue weighted by atomic mass is 10.1. The van der Waals surface area contributed by atoms with Crippen LogP contribution in [0.1, 0.15) is 169 Å². The Balaban J connectivity index is 2.13. The van der Waals surface area contributed by atoms with Gasteiger partial charge >= 0.3 is 42.5 Å². The van der Waals surface area contributed by atoms with Crippen molar-refractivity contribution in [2.75, 3.05) is 138 Å². The smallest absolute Gasteiger partial charge is 0.410 e. The number of ether oxygens (including phenoxy) is 10. The fourth-order valence-corrected chi connectivity index (χ4v) is 9.04. The summed E-state index contributed by atoms with van der Waals surface area (Å²) >= 11 is 0. The summed E-state index contributed by atoms with van der Waals surface area (Å²) < 4.78 is 58.8. The number of hydrogen-bond donors (Lipinski definition) is 0. The van der Waals surface area contributed by atoms with Gasteiger partial charge < -0.3 is 76.8 Å². The van der Waals surface area contributed by atoms with Crippen LogP contribution in [0.4, 0.5) is 28.8 Å². The van der Waals surface area contributed by atoms with E-state index in [-0.39, 0.29) is 104 Å². The Morgan fingerprint density at radius 3 is 0.791 bits per heavy atom. The van der Waals surface area contributed by atoms with Gasteiger partial charge in [-0.25, -0.2) is 28.8 Å². The van der Waals surface area contributed by atoms with Crippen molar-refractivity contribution in [1.82, 2.24) is 39.2 Å². The molecule has 25 heteroatoms. The Hall–Kier alpha value is -6.05. The van der Waals surface area contributed by atoms with E-state index in [1.54, 1.807) is 144 Å². The number of esters is 1. The van der Waals surface area contributed by atoms with Crippen LogP contribution >= 0.6 is 0 Å². The Kier molecular flexibility index (Phi) is 30.7. The van der Waals surface area contributed by atoms with E-state index in [0.29, 0.717) is 71.3 Å². The van der Waals surface area contributed by atoms with E-state index < -0.39 is 75.8 Å². The number of carbonyl (C=O) groups is 7. The van der Waals surface area contributed by atoms with Crippen molar-refractivity contribution >= 4 is 42.5 Å². The van der Waals surface area contributed by atoms with Crippen LogP contribution in [0.25, 0.3) is 0 Å². The molecule has 3 rings (SSSR count). The molecule has 0 atom stereocenters. The summed E-state index contributed by atoms with van der Waals surface area (Å²) in [5.74, 6) is 0.265. The number of hydrogen-bond acceptors (Lipinski definition) is 19. The molecule has 2 fully saturated rings. The fraction of sp³-hybridized carbons (Fsp3) is 0.803. The summed E-state index contributed by atoms with van der Waals surface area (Å²) in [5.41, 5.74) is -3.73. The zero-order valence-electron chi connectivity index (χ0n) is 59.4. The third kappa shape index (κ3) is 35.5. The predicted octanol–water partition coefficient (Wildman–Crippen LogP) is 10.3. The van der Waals surface area contributed by atoms with Gasteiger partial charge in [0.25, 0.3) is 0 Å². The maximum atomic E-state index is 14.0. The van der Waals surface area contributed by atoms with Crippen molar-refractivity contribution in [2.24, 2.45) is 0 Å². The lowest BCUT2D eigenvalue weighted by Crippen LogP contribution is -2.51. The third-order valence-corrected chi connectivity index (χ3v) is 13.0. The normalized spacial score (nSPS) is 16.7. The molecule has 2 aliphatic heterocycles. The van der Waals surface area contributed by atoms with Crippen LogP contribution in [0, 0.1) is 0 Å². The van der Waals surface area contributed by atoms with Gasteiger partial charge in [-0.15, -0.1) is 0 Å². The highest BCUT2D eigenvalue weighted by Gasteiger charge is 2.33. The lowest BCUT2D eigenvalue weighted by molar-refractivity contribution is -0.155. The number of amides is 6. The number of carbonyl (C=O) groups excluding carboxylic acids is 7. The molecule has 0 radical (unpaired) electrons. The largest absolute Gasteiger partial charge is 0.491 e. The van der Waals surface area contributed by atoms with E-state index in [1.807, 2.05) is 32.9 Å². The maximum Gasteiger partial charge on any atom is 0.410 e. The van der Waals surface area contributed by atoms with E-state index in [0.717, 1.165) is 11.1 Å². The van der Waals surface area contributed by atoms with Gasteiger partial charge in [0.05, 0.1) is 19.8 Å². The summed E-state index contributed by atoms with van der Waals surface area (Å²) in [5, 5.41) is 0. The van der Waals surface area contributed by atoms with Crippen molar-refractivity contribution in [1.29, 1.82) is 0 Å². The molecule has 25 nitrogen and oxygen atoms in total. The summed E-state index contributed by atoms with van der Waals surface area (Å²) in [6.07, 6.45) is -2.58. The minimum atomic E-state index is -0.812. The SMILES string of the molecule is CC(C)(C)OC(=O)CCCOCCOCCOc1cc(CN2CCN(C(=O)OC(C)(C)C)CCN(C(=O)OC(C)(C)C)CCN(C(=O)OC(C)(C)C)CC2)cc(CN2CCN(C(=O)OC(C)(C)C)CCN(C(=O)OC(C)(C)C)CCN(C(=O)OC(C)(C)C)CC2)c1. The predicted molar refractivity (Wildman–Crippen MR) is 346 cm³/mol. The Morgan fingerprint density at radius 1 is 0.308 bits per heavy atom. The van der Waals surface area contributed by atoms with Gasteiger partial charge in [-0.2, -0.15) is 0 Å². The fourth-order valence-electron chi connectivity index (χ4n) is 9.04. The second kappa shape index (κ2) is 35.3. The molecule has 2 aliphatic rings. The van der Waals surface area contributed by atoms with Crippen molar-refractivity contribution in [3.63, 3.8) is 0 Å². The third-order valence-electron chi connectivity index (χ3n) is 13.0. The van der Waals surface area contributed by atoms with Crippen LogP contribution in [0.15, 0.2) is 18.2 Å². The van der Waals surface area contributed by atoms with Crippen LogP contribution in [0.3, 0.4) is 0 Å². The van der Waals surface area contributed by atoms with Gasteiger partial charge in [0.2, 0.25) is 0 Å². The average molecular weight is 1290 g/mol. The van der Waals surface area contributed by atoms with Crippen molar-refractivity contribution in [2.45, 2.75) is 211 Å². The zero-order chi connectivity index (χ0) is 68.8. The molecule has 0 spiro atoms. The van der Waals surface area contributed by atoms with Crippen molar-refractivity contribution in [3.8, 4) is 5.75 Å². The highest BCUT2D eigenvalue weighted by molar-refractivity contribution is 5.72. The second-order valence-electron chi connectivity index (χ2n) is 30.1. The van der Waals surface area contributed by atoms with Crippen LogP contribution < -0.4 is 4.74 Å². The summed E-state index contributed by atoms with van der Waals surface area (Å²) in [4.78, 5) is 109. The van der Waals surface area contributed by atoms with E-state index in [1.165, 1.54) is 9.80 Å². The highest BCUT2D eigenvalue weighted by atomic mass is 16.6. The van der Waals surface area contributed by atoms with Gasteiger partial charge in [-0.05, 0) is 175 Å². The summed E-state index contributed by atoms with van der Waals surface area (Å²) in [6, 6.07) is 5.97. The first-order chi connectivity index (χ1) is 41.8. The first-order valence-electron chi connectivity index (χ1n) is 32.3. The molecule has 1 aromatic carbocycles. The molecule has 91 heavy (non-hydrogen) atoms. The number of nitrogens with zero attached hydrogens (tertiary/aromatic N) is 8. The quantitative estimate of drug-likeness (QED) is 0.0901. The van der Waals surface area contributed by atoms with Gasteiger partial charge in [0, 0.05) is 131 Å². The van der Waals surface area contributed by atoms with E-state index in [2.05, 4.69) is 15.9 Å². The van der Waals surface area contributed by atoms with E-state index in [9.17, 15) is 33.6 Å². The Labute approximate surface area is 544 Å². The van der Waals surface area contributed by atoms with Crippen LogP contribution in [0.5, 0.6) is 5.75 Å². The second-order valence-corrected chi connectivity index (χ2v) is 30.1. The van der Waals surface area contributed by atoms with E-state index in [4.69, 9.17) is 47.4 Å². The molecule has 1 aromatic rings. The average Bonchev–Trinajstić information content (AvgIpc) is 1.15. The van der Waals surface area contributed by atoms with Crippen molar-refractivity contribution < 1.29 is 80.9 Å².